The highest BCUT2D eigenvalue weighted by Gasteiger charge is 2.29. The minimum absolute atomic E-state index is 0.108. The van der Waals surface area contributed by atoms with E-state index in [1.807, 2.05) is 18.2 Å². The van der Waals surface area contributed by atoms with E-state index in [0.29, 0.717) is 34.3 Å². The fourth-order valence-corrected chi connectivity index (χ4v) is 4.50. The van der Waals surface area contributed by atoms with Crippen molar-refractivity contribution in [3.05, 3.63) is 46.3 Å². The van der Waals surface area contributed by atoms with Gasteiger partial charge in [-0.15, -0.1) is 11.3 Å². The summed E-state index contributed by atoms with van der Waals surface area (Å²) >= 11 is 1.11. The molecule has 160 valence electrons. The van der Waals surface area contributed by atoms with E-state index in [1.54, 1.807) is 30.9 Å². The number of benzene rings is 1. The second kappa shape index (κ2) is 10.2. The molecule has 3 rings (SSSR count). The molecule has 1 aromatic heterocycles. The molecule has 1 aromatic carbocycles. The molecular formula is C22H26N2O5S. The zero-order valence-electron chi connectivity index (χ0n) is 17.2. The summed E-state index contributed by atoms with van der Waals surface area (Å²) in [5.41, 5.74) is 0.767. The lowest BCUT2D eigenvalue weighted by Crippen LogP contribution is -2.35. The number of rotatable bonds is 7. The fourth-order valence-electron chi connectivity index (χ4n) is 3.32. The molecule has 2 aromatic rings. The topological polar surface area (TPSA) is 84.9 Å². The standard InChI is InChI=1S/C22H26N2O5S/c1-3-28-22(27)18-15(2)19(21(26)24-12-8-5-9-13-24)30-20(18)23-17(25)14-29-16-10-6-4-7-11-16/h4,6-7,10-11H,3,5,8-9,12-14H2,1-2H3,(H,23,25). The molecule has 0 radical (unpaired) electrons. The normalized spacial score (nSPS) is 13.6. The Balaban J connectivity index is 1.79. The average Bonchev–Trinajstić information content (AvgIpc) is 3.09. The predicted octanol–water partition coefficient (Wildman–Crippen LogP) is 3.88. The number of hydrogen-bond acceptors (Lipinski definition) is 6. The van der Waals surface area contributed by atoms with Crippen molar-refractivity contribution in [3.8, 4) is 5.75 Å². The molecule has 1 aliphatic rings. The van der Waals surface area contributed by atoms with E-state index in [0.717, 1.165) is 30.6 Å². The van der Waals surface area contributed by atoms with Gasteiger partial charge in [-0.2, -0.15) is 0 Å². The minimum Gasteiger partial charge on any atom is -0.484 e. The van der Waals surface area contributed by atoms with Crippen molar-refractivity contribution in [1.29, 1.82) is 0 Å². The van der Waals surface area contributed by atoms with Crippen LogP contribution in [0, 0.1) is 6.92 Å². The third-order valence-electron chi connectivity index (χ3n) is 4.83. The van der Waals surface area contributed by atoms with Gasteiger partial charge in [0, 0.05) is 13.1 Å². The molecular weight excluding hydrogens is 404 g/mol. The second-order valence-electron chi connectivity index (χ2n) is 6.98. The fraction of sp³-hybridized carbons (Fsp3) is 0.409. The first-order valence-corrected chi connectivity index (χ1v) is 10.9. The molecule has 0 saturated carbocycles. The number of esters is 1. The lowest BCUT2D eigenvalue weighted by Gasteiger charge is -2.26. The SMILES string of the molecule is CCOC(=O)c1c(NC(=O)COc2ccccc2)sc(C(=O)N2CCCCC2)c1C. The van der Waals surface area contributed by atoms with Crippen LogP contribution in [0.1, 0.15) is 51.8 Å². The van der Waals surface area contributed by atoms with E-state index in [4.69, 9.17) is 9.47 Å². The Bertz CT molecular complexity index is 904. The Hall–Kier alpha value is -2.87. The van der Waals surface area contributed by atoms with E-state index in [1.165, 1.54) is 0 Å². The van der Waals surface area contributed by atoms with Crippen LogP contribution in [-0.2, 0) is 9.53 Å². The monoisotopic (exact) mass is 430 g/mol. The number of piperidine rings is 1. The van der Waals surface area contributed by atoms with Gasteiger partial charge in [0.25, 0.3) is 11.8 Å². The van der Waals surface area contributed by atoms with Crippen molar-refractivity contribution < 1.29 is 23.9 Å². The Morgan fingerprint density at radius 1 is 1.10 bits per heavy atom. The van der Waals surface area contributed by atoms with Gasteiger partial charge in [-0.3, -0.25) is 9.59 Å². The summed E-state index contributed by atoms with van der Waals surface area (Å²) in [5, 5.41) is 3.04. The van der Waals surface area contributed by atoms with Crippen LogP contribution < -0.4 is 10.1 Å². The highest BCUT2D eigenvalue weighted by Crippen LogP contribution is 2.35. The lowest BCUT2D eigenvalue weighted by atomic mass is 10.1. The first-order valence-electron chi connectivity index (χ1n) is 10.1. The molecule has 2 heterocycles. The van der Waals surface area contributed by atoms with Crippen LogP contribution in [0.5, 0.6) is 5.75 Å². The zero-order chi connectivity index (χ0) is 21.5. The maximum Gasteiger partial charge on any atom is 0.341 e. The first-order chi connectivity index (χ1) is 14.5. The number of carbonyl (C=O) groups is 3. The van der Waals surface area contributed by atoms with Gasteiger partial charge in [0.15, 0.2) is 6.61 Å². The van der Waals surface area contributed by atoms with Gasteiger partial charge in [-0.05, 0) is 50.8 Å². The van der Waals surface area contributed by atoms with Crippen LogP contribution in [0.15, 0.2) is 30.3 Å². The van der Waals surface area contributed by atoms with Gasteiger partial charge in [0.05, 0.1) is 17.0 Å². The Morgan fingerprint density at radius 3 is 2.47 bits per heavy atom. The van der Waals surface area contributed by atoms with Gasteiger partial charge in [0.2, 0.25) is 0 Å². The third-order valence-corrected chi connectivity index (χ3v) is 6.03. The molecule has 1 aliphatic heterocycles. The molecule has 1 saturated heterocycles. The van der Waals surface area contributed by atoms with Gasteiger partial charge in [-0.1, -0.05) is 18.2 Å². The smallest absolute Gasteiger partial charge is 0.341 e. The summed E-state index contributed by atoms with van der Waals surface area (Å²) in [6.45, 7) is 4.84. The van der Waals surface area contributed by atoms with Gasteiger partial charge >= 0.3 is 5.97 Å². The minimum atomic E-state index is -0.553. The molecule has 2 amide bonds. The van der Waals surface area contributed by atoms with Crippen LogP contribution in [0.2, 0.25) is 0 Å². The number of hydrogen-bond donors (Lipinski definition) is 1. The largest absolute Gasteiger partial charge is 0.484 e. The highest BCUT2D eigenvalue weighted by molar-refractivity contribution is 7.18. The summed E-state index contributed by atoms with van der Waals surface area (Å²) in [4.78, 5) is 40.2. The number of amides is 2. The molecule has 0 bridgehead atoms. The lowest BCUT2D eigenvalue weighted by molar-refractivity contribution is -0.118. The maximum atomic E-state index is 13.0. The van der Waals surface area contributed by atoms with Crippen LogP contribution in [0.3, 0.4) is 0 Å². The van der Waals surface area contributed by atoms with E-state index < -0.39 is 11.9 Å². The Labute approximate surface area is 180 Å². The number of para-hydroxylation sites is 1. The van der Waals surface area contributed by atoms with Crippen molar-refractivity contribution in [3.63, 3.8) is 0 Å². The van der Waals surface area contributed by atoms with E-state index in [9.17, 15) is 14.4 Å². The molecule has 7 nitrogen and oxygen atoms in total. The van der Waals surface area contributed by atoms with Crippen LogP contribution in [0.4, 0.5) is 5.00 Å². The summed E-state index contributed by atoms with van der Waals surface area (Å²) in [7, 11) is 0. The van der Waals surface area contributed by atoms with Gasteiger partial charge in [-0.25, -0.2) is 4.79 Å². The molecule has 8 heteroatoms. The quantitative estimate of drug-likeness (QED) is 0.674. The van der Waals surface area contributed by atoms with Crippen molar-refractivity contribution in [2.75, 3.05) is 31.6 Å². The van der Waals surface area contributed by atoms with Crippen LogP contribution in [0.25, 0.3) is 0 Å². The molecule has 0 aliphatic carbocycles. The number of carbonyl (C=O) groups excluding carboxylic acids is 3. The van der Waals surface area contributed by atoms with E-state index in [2.05, 4.69) is 5.32 Å². The number of anilines is 1. The molecule has 1 fully saturated rings. The van der Waals surface area contributed by atoms with Gasteiger partial charge in [0.1, 0.15) is 10.8 Å². The highest BCUT2D eigenvalue weighted by atomic mass is 32.1. The van der Waals surface area contributed by atoms with Gasteiger partial charge < -0.3 is 19.7 Å². The third kappa shape index (κ3) is 5.18. The molecule has 0 atom stereocenters. The number of nitrogens with one attached hydrogen (secondary N) is 1. The molecule has 0 unspecified atom stereocenters. The van der Waals surface area contributed by atoms with Crippen molar-refractivity contribution in [2.24, 2.45) is 0 Å². The molecule has 0 spiro atoms. The predicted molar refractivity (Wildman–Crippen MR) is 115 cm³/mol. The summed E-state index contributed by atoms with van der Waals surface area (Å²) in [5.74, 6) is -0.504. The average molecular weight is 431 g/mol. The second-order valence-corrected chi connectivity index (χ2v) is 8.00. The summed E-state index contributed by atoms with van der Waals surface area (Å²) < 4.78 is 10.6. The number of ether oxygens (including phenoxy) is 2. The first kappa shape index (κ1) is 21.8. The number of likely N-dealkylation sites (tertiary alicyclic amines) is 1. The van der Waals surface area contributed by atoms with E-state index in [-0.39, 0.29) is 24.7 Å². The van der Waals surface area contributed by atoms with Crippen LogP contribution >= 0.6 is 11.3 Å². The summed E-state index contributed by atoms with van der Waals surface area (Å²) in [6, 6.07) is 8.98. The molecule has 1 N–H and O–H groups in total. The van der Waals surface area contributed by atoms with Crippen molar-refractivity contribution >= 4 is 34.1 Å². The Morgan fingerprint density at radius 2 is 1.80 bits per heavy atom. The zero-order valence-corrected chi connectivity index (χ0v) is 18.0. The molecule has 30 heavy (non-hydrogen) atoms. The number of thiophene rings is 1. The maximum absolute atomic E-state index is 13.0. The number of nitrogens with zero attached hydrogens (tertiary/aromatic N) is 1. The van der Waals surface area contributed by atoms with Crippen LogP contribution in [-0.4, -0.2) is 49.0 Å². The van der Waals surface area contributed by atoms with E-state index >= 15 is 0 Å². The van der Waals surface area contributed by atoms with Crippen molar-refractivity contribution in [1.82, 2.24) is 4.90 Å². The van der Waals surface area contributed by atoms with Crippen molar-refractivity contribution in [2.45, 2.75) is 33.1 Å². The summed E-state index contributed by atoms with van der Waals surface area (Å²) in [6.07, 6.45) is 3.06. The Kier molecular flexibility index (Phi) is 7.46.